The van der Waals surface area contributed by atoms with Crippen LogP contribution in [0.4, 0.5) is 0 Å². The van der Waals surface area contributed by atoms with Crippen molar-refractivity contribution < 1.29 is 4.21 Å². The summed E-state index contributed by atoms with van der Waals surface area (Å²) in [5.74, 6) is 1.73. The maximum atomic E-state index is 11.9. The van der Waals surface area contributed by atoms with Gasteiger partial charge in [0.05, 0.1) is 17.4 Å². The predicted octanol–water partition coefficient (Wildman–Crippen LogP) is 1.68. The molecule has 1 heterocycles. The van der Waals surface area contributed by atoms with E-state index >= 15 is 0 Å². The first-order chi connectivity index (χ1) is 8.19. The van der Waals surface area contributed by atoms with Crippen LogP contribution in [0.15, 0.2) is 18.2 Å². The third-order valence-electron chi connectivity index (χ3n) is 2.79. The average molecular weight is 269 g/mol. The highest BCUT2D eigenvalue weighted by Gasteiger charge is 2.19. The highest BCUT2D eigenvalue weighted by atomic mass is 35.5. The molecule has 0 radical (unpaired) electrons. The van der Waals surface area contributed by atoms with Crippen LogP contribution in [0.5, 0.6) is 0 Å². The Balaban J connectivity index is 1.98. The van der Waals surface area contributed by atoms with Gasteiger partial charge >= 0.3 is 0 Å². The van der Waals surface area contributed by atoms with Crippen molar-refractivity contribution in [2.45, 2.75) is 5.75 Å². The van der Waals surface area contributed by atoms with Gasteiger partial charge in [0.2, 0.25) is 0 Å². The van der Waals surface area contributed by atoms with Crippen molar-refractivity contribution in [2.24, 2.45) is 5.92 Å². The molecule has 0 spiro atoms. The molecular formula is C12H13ClN2OS. The molecule has 90 valence electrons. The minimum atomic E-state index is -0.876. The molecule has 1 aliphatic heterocycles. The first-order valence-corrected chi connectivity index (χ1v) is 7.30. The van der Waals surface area contributed by atoms with Gasteiger partial charge in [-0.15, -0.1) is 0 Å². The first kappa shape index (κ1) is 12.6. The SMILES string of the molecule is N#Cc1ccc(CS(=O)CC2CNC2)c(Cl)c1. The quantitative estimate of drug-likeness (QED) is 0.904. The van der Waals surface area contributed by atoms with Crippen LogP contribution in [0.3, 0.4) is 0 Å². The number of benzene rings is 1. The summed E-state index contributed by atoms with van der Waals surface area (Å²) in [6.07, 6.45) is 0. The fraction of sp³-hybridized carbons (Fsp3) is 0.417. The fourth-order valence-electron chi connectivity index (χ4n) is 1.70. The molecule has 3 nitrogen and oxygen atoms in total. The van der Waals surface area contributed by atoms with Gasteiger partial charge in [0.15, 0.2) is 0 Å². The Kier molecular flexibility index (Phi) is 4.16. The molecule has 0 saturated carbocycles. The molecule has 1 N–H and O–H groups in total. The van der Waals surface area contributed by atoms with Crippen molar-refractivity contribution in [2.75, 3.05) is 18.8 Å². The molecule has 5 heteroatoms. The largest absolute Gasteiger partial charge is 0.316 e. The van der Waals surface area contributed by atoms with Gasteiger partial charge in [-0.3, -0.25) is 4.21 Å². The summed E-state index contributed by atoms with van der Waals surface area (Å²) < 4.78 is 11.9. The van der Waals surface area contributed by atoms with E-state index in [-0.39, 0.29) is 0 Å². The highest BCUT2D eigenvalue weighted by molar-refractivity contribution is 7.84. The van der Waals surface area contributed by atoms with Crippen molar-refractivity contribution in [3.63, 3.8) is 0 Å². The molecular weight excluding hydrogens is 256 g/mol. The highest BCUT2D eigenvalue weighted by Crippen LogP contribution is 2.20. The molecule has 0 aromatic heterocycles. The average Bonchev–Trinajstić information content (AvgIpc) is 2.26. The summed E-state index contributed by atoms with van der Waals surface area (Å²) in [5, 5.41) is 12.4. The Bertz CT molecular complexity index is 480. The topological polar surface area (TPSA) is 52.9 Å². The van der Waals surface area contributed by atoms with Gasteiger partial charge in [-0.25, -0.2) is 0 Å². The molecule has 0 aliphatic carbocycles. The second kappa shape index (κ2) is 5.63. The maximum Gasteiger partial charge on any atom is 0.0992 e. The van der Waals surface area contributed by atoms with E-state index in [1.165, 1.54) is 0 Å². The summed E-state index contributed by atoms with van der Waals surface area (Å²) in [5.41, 5.74) is 1.39. The van der Waals surface area contributed by atoms with E-state index in [0.29, 0.717) is 22.3 Å². The maximum absolute atomic E-state index is 11.9. The minimum absolute atomic E-state index is 0.473. The lowest BCUT2D eigenvalue weighted by molar-refractivity contribution is 0.382. The molecule has 0 amide bonds. The van der Waals surface area contributed by atoms with E-state index in [2.05, 4.69) is 5.32 Å². The van der Waals surface area contributed by atoms with Crippen LogP contribution in [-0.4, -0.2) is 23.1 Å². The summed E-state index contributed by atoms with van der Waals surface area (Å²) in [6.45, 7) is 1.93. The van der Waals surface area contributed by atoms with Crippen molar-refractivity contribution in [3.8, 4) is 6.07 Å². The van der Waals surface area contributed by atoms with Crippen LogP contribution in [0, 0.1) is 17.2 Å². The third-order valence-corrected chi connectivity index (χ3v) is 4.61. The minimum Gasteiger partial charge on any atom is -0.316 e. The van der Waals surface area contributed by atoms with Crippen LogP contribution in [0.2, 0.25) is 5.02 Å². The number of nitriles is 1. The number of hydrogen-bond acceptors (Lipinski definition) is 3. The van der Waals surface area contributed by atoms with Crippen molar-refractivity contribution in [1.29, 1.82) is 5.26 Å². The summed E-state index contributed by atoms with van der Waals surface area (Å²) in [7, 11) is -0.876. The lowest BCUT2D eigenvalue weighted by Gasteiger charge is -2.26. The molecule has 1 atom stereocenters. The number of nitrogens with zero attached hydrogens (tertiary/aromatic N) is 1. The number of halogens is 1. The second-order valence-electron chi connectivity index (χ2n) is 4.19. The van der Waals surface area contributed by atoms with Crippen LogP contribution in [0.1, 0.15) is 11.1 Å². The molecule has 0 bridgehead atoms. The zero-order valence-electron chi connectivity index (χ0n) is 9.28. The van der Waals surface area contributed by atoms with E-state index in [4.69, 9.17) is 16.9 Å². The Morgan fingerprint density at radius 2 is 2.29 bits per heavy atom. The van der Waals surface area contributed by atoms with Gasteiger partial charge < -0.3 is 5.32 Å². The van der Waals surface area contributed by atoms with E-state index < -0.39 is 10.8 Å². The predicted molar refractivity (Wildman–Crippen MR) is 69.2 cm³/mol. The zero-order chi connectivity index (χ0) is 12.3. The van der Waals surface area contributed by atoms with Gasteiger partial charge in [-0.2, -0.15) is 5.26 Å². The number of hydrogen-bond donors (Lipinski definition) is 1. The Morgan fingerprint density at radius 3 is 2.82 bits per heavy atom. The van der Waals surface area contributed by atoms with Gasteiger partial charge in [-0.05, 0) is 23.6 Å². The van der Waals surface area contributed by atoms with Crippen LogP contribution in [-0.2, 0) is 16.6 Å². The standard InChI is InChI=1S/C12H13ClN2OS/c13-12-3-9(4-14)1-2-11(12)8-17(16)7-10-5-15-6-10/h1-3,10,15H,5-8H2. The summed E-state index contributed by atoms with van der Waals surface area (Å²) >= 11 is 6.04. The zero-order valence-corrected chi connectivity index (χ0v) is 10.9. The smallest absolute Gasteiger partial charge is 0.0992 e. The van der Waals surface area contributed by atoms with Crippen LogP contribution >= 0.6 is 11.6 Å². The molecule has 2 rings (SSSR count). The summed E-state index contributed by atoms with van der Waals surface area (Å²) in [4.78, 5) is 0. The third kappa shape index (κ3) is 3.29. The van der Waals surface area contributed by atoms with Gasteiger partial charge in [-0.1, -0.05) is 17.7 Å². The fourth-order valence-corrected chi connectivity index (χ4v) is 3.50. The van der Waals surface area contributed by atoms with E-state index in [9.17, 15) is 4.21 Å². The van der Waals surface area contributed by atoms with Crippen molar-refractivity contribution >= 4 is 22.4 Å². The van der Waals surface area contributed by atoms with Gasteiger partial charge in [0.1, 0.15) is 0 Å². The Labute approximate surface area is 108 Å². The monoisotopic (exact) mass is 268 g/mol. The lowest BCUT2D eigenvalue weighted by atomic mass is 10.1. The van der Waals surface area contributed by atoms with Gasteiger partial charge in [0.25, 0.3) is 0 Å². The molecule has 1 aromatic rings. The van der Waals surface area contributed by atoms with Crippen LogP contribution in [0.25, 0.3) is 0 Å². The number of rotatable bonds is 4. The number of nitrogens with one attached hydrogen (secondary N) is 1. The van der Waals surface area contributed by atoms with Crippen molar-refractivity contribution in [3.05, 3.63) is 34.3 Å². The normalized spacial score (nSPS) is 17.2. The van der Waals surface area contributed by atoms with E-state index in [0.717, 1.165) is 24.4 Å². The van der Waals surface area contributed by atoms with E-state index in [1.54, 1.807) is 18.2 Å². The van der Waals surface area contributed by atoms with Crippen molar-refractivity contribution in [1.82, 2.24) is 5.32 Å². The first-order valence-electron chi connectivity index (χ1n) is 5.43. The molecule has 1 fully saturated rings. The van der Waals surface area contributed by atoms with E-state index in [1.807, 2.05) is 6.07 Å². The molecule has 1 aromatic carbocycles. The Morgan fingerprint density at radius 1 is 1.53 bits per heavy atom. The molecule has 1 saturated heterocycles. The lowest BCUT2D eigenvalue weighted by Crippen LogP contribution is -2.44. The van der Waals surface area contributed by atoms with Crippen LogP contribution < -0.4 is 5.32 Å². The molecule has 1 aliphatic rings. The molecule has 17 heavy (non-hydrogen) atoms. The summed E-state index contributed by atoms with van der Waals surface area (Å²) in [6, 6.07) is 7.16. The Hall–Kier alpha value is -0.890. The molecule has 1 unspecified atom stereocenters. The second-order valence-corrected chi connectivity index (χ2v) is 6.10. The van der Waals surface area contributed by atoms with Gasteiger partial charge in [0, 0.05) is 34.7 Å².